The molecule has 8 nitrogen and oxygen atoms in total. The second kappa shape index (κ2) is 5.11. The SMILES string of the molecule is COC(=O)NS(=O)(=O)N1CCCC(C)(C(=O)O)C1. The summed E-state index contributed by atoms with van der Waals surface area (Å²) in [7, 11) is -3.01. The van der Waals surface area contributed by atoms with E-state index in [0.29, 0.717) is 12.8 Å². The zero-order valence-electron chi connectivity index (χ0n) is 10.2. The molecule has 0 saturated carbocycles. The molecule has 0 radical (unpaired) electrons. The maximum absolute atomic E-state index is 11.8. The monoisotopic (exact) mass is 280 g/mol. The highest BCUT2D eigenvalue weighted by Crippen LogP contribution is 2.30. The molecule has 1 fully saturated rings. The zero-order valence-corrected chi connectivity index (χ0v) is 11.0. The molecule has 1 saturated heterocycles. The van der Waals surface area contributed by atoms with Crippen molar-refractivity contribution in [1.29, 1.82) is 0 Å². The second-order valence-electron chi connectivity index (χ2n) is 4.40. The number of ether oxygens (including phenoxy) is 1. The fraction of sp³-hybridized carbons (Fsp3) is 0.778. The quantitative estimate of drug-likeness (QED) is 0.738. The first-order valence-corrected chi connectivity index (χ1v) is 6.74. The lowest BCUT2D eigenvalue weighted by Crippen LogP contribution is -2.52. The van der Waals surface area contributed by atoms with Gasteiger partial charge in [-0.15, -0.1) is 0 Å². The second-order valence-corrected chi connectivity index (χ2v) is 6.07. The van der Waals surface area contributed by atoms with Gasteiger partial charge < -0.3 is 9.84 Å². The molecule has 1 unspecified atom stereocenters. The zero-order chi connectivity index (χ0) is 14.0. The van der Waals surface area contributed by atoms with E-state index in [-0.39, 0.29) is 13.1 Å². The van der Waals surface area contributed by atoms with Crippen LogP contribution in [0.5, 0.6) is 0 Å². The number of carboxylic acids is 1. The van der Waals surface area contributed by atoms with Gasteiger partial charge in [0.15, 0.2) is 0 Å². The summed E-state index contributed by atoms with van der Waals surface area (Å²) in [4.78, 5) is 22.0. The Morgan fingerprint density at radius 3 is 2.56 bits per heavy atom. The predicted octanol–water partition coefficient (Wildman–Crippen LogP) is -0.226. The van der Waals surface area contributed by atoms with Crippen LogP contribution in [-0.4, -0.2) is 50.1 Å². The fourth-order valence-electron chi connectivity index (χ4n) is 1.78. The highest BCUT2D eigenvalue weighted by Gasteiger charge is 2.42. The maximum atomic E-state index is 11.8. The average Bonchev–Trinajstić information content (AvgIpc) is 2.28. The van der Waals surface area contributed by atoms with Gasteiger partial charge in [-0.25, -0.2) is 9.52 Å². The van der Waals surface area contributed by atoms with Crippen LogP contribution in [0.4, 0.5) is 4.79 Å². The van der Waals surface area contributed by atoms with Crippen molar-refractivity contribution in [3.63, 3.8) is 0 Å². The van der Waals surface area contributed by atoms with Crippen molar-refractivity contribution in [3.8, 4) is 0 Å². The Bertz CT molecular complexity index is 448. The molecule has 0 spiro atoms. The van der Waals surface area contributed by atoms with Crippen molar-refractivity contribution in [3.05, 3.63) is 0 Å². The van der Waals surface area contributed by atoms with Gasteiger partial charge in [0.2, 0.25) is 0 Å². The first-order valence-electron chi connectivity index (χ1n) is 5.30. The molecule has 1 atom stereocenters. The summed E-state index contributed by atoms with van der Waals surface area (Å²) in [5, 5.41) is 9.08. The third kappa shape index (κ3) is 3.10. The third-order valence-corrected chi connectivity index (χ3v) is 4.33. The molecular weight excluding hydrogens is 264 g/mol. The van der Waals surface area contributed by atoms with Crippen molar-refractivity contribution < 1.29 is 27.9 Å². The number of carbonyl (C=O) groups is 2. The molecule has 0 aliphatic carbocycles. The first-order chi connectivity index (χ1) is 8.21. The summed E-state index contributed by atoms with van der Waals surface area (Å²) in [5.74, 6) is -1.06. The molecule has 9 heteroatoms. The van der Waals surface area contributed by atoms with Crippen LogP contribution in [0.25, 0.3) is 0 Å². The lowest BCUT2D eigenvalue weighted by Gasteiger charge is -2.36. The number of hydrogen-bond donors (Lipinski definition) is 2. The summed E-state index contributed by atoms with van der Waals surface area (Å²) in [6.07, 6.45) is -0.283. The van der Waals surface area contributed by atoms with Crippen LogP contribution < -0.4 is 4.72 Å². The third-order valence-electron chi connectivity index (χ3n) is 2.92. The van der Waals surface area contributed by atoms with E-state index in [0.717, 1.165) is 11.4 Å². The number of nitrogens with zero attached hydrogens (tertiary/aromatic N) is 1. The van der Waals surface area contributed by atoms with Gasteiger partial charge in [0.05, 0.1) is 12.5 Å². The summed E-state index contributed by atoms with van der Waals surface area (Å²) in [6, 6.07) is 0. The van der Waals surface area contributed by atoms with Gasteiger partial charge in [0.1, 0.15) is 0 Å². The van der Waals surface area contributed by atoms with Crippen LogP contribution in [0.2, 0.25) is 0 Å². The van der Waals surface area contributed by atoms with E-state index in [4.69, 9.17) is 5.11 Å². The van der Waals surface area contributed by atoms with Crippen LogP contribution in [0, 0.1) is 5.41 Å². The number of nitrogens with one attached hydrogen (secondary N) is 1. The Hall–Kier alpha value is -1.35. The number of methoxy groups -OCH3 is 1. The number of carboxylic acid groups (broad SMARTS) is 1. The van der Waals surface area contributed by atoms with E-state index in [2.05, 4.69) is 4.74 Å². The van der Waals surface area contributed by atoms with E-state index < -0.39 is 27.7 Å². The number of aliphatic carboxylic acids is 1. The van der Waals surface area contributed by atoms with Crippen LogP contribution in [-0.2, 0) is 19.7 Å². The van der Waals surface area contributed by atoms with Crippen molar-refractivity contribution in [2.45, 2.75) is 19.8 Å². The first kappa shape index (κ1) is 14.7. The van der Waals surface area contributed by atoms with Crippen molar-refractivity contribution >= 4 is 22.3 Å². The number of piperidine rings is 1. The maximum Gasteiger partial charge on any atom is 0.421 e. The Kier molecular flexibility index (Phi) is 4.17. The lowest BCUT2D eigenvalue weighted by molar-refractivity contribution is -0.150. The molecule has 1 aliphatic heterocycles. The van der Waals surface area contributed by atoms with Gasteiger partial charge in [-0.3, -0.25) is 4.79 Å². The molecule has 0 aromatic rings. The van der Waals surface area contributed by atoms with Crippen molar-refractivity contribution in [2.75, 3.05) is 20.2 Å². The number of hydrogen-bond acceptors (Lipinski definition) is 5. The topological polar surface area (TPSA) is 113 Å². The molecule has 1 aliphatic rings. The Balaban J connectivity index is 2.84. The van der Waals surface area contributed by atoms with Gasteiger partial charge in [-0.05, 0) is 19.8 Å². The number of rotatable bonds is 3. The van der Waals surface area contributed by atoms with Gasteiger partial charge in [0.25, 0.3) is 0 Å². The normalized spacial score (nSPS) is 25.4. The molecule has 1 amide bonds. The highest BCUT2D eigenvalue weighted by molar-refractivity contribution is 7.87. The van der Waals surface area contributed by atoms with Crippen LogP contribution >= 0.6 is 0 Å². The number of amides is 1. The van der Waals surface area contributed by atoms with E-state index in [1.807, 2.05) is 0 Å². The van der Waals surface area contributed by atoms with E-state index in [1.54, 1.807) is 4.72 Å². The molecular formula is C9H16N2O6S. The molecule has 104 valence electrons. The summed E-state index contributed by atoms with van der Waals surface area (Å²) in [6.45, 7) is 1.49. The van der Waals surface area contributed by atoms with Crippen molar-refractivity contribution in [2.24, 2.45) is 5.41 Å². The van der Waals surface area contributed by atoms with Crippen LogP contribution in [0.1, 0.15) is 19.8 Å². The van der Waals surface area contributed by atoms with Gasteiger partial charge in [-0.2, -0.15) is 12.7 Å². The summed E-state index contributed by atoms with van der Waals surface area (Å²) < 4.78 is 30.4. The fourth-order valence-corrected chi connectivity index (χ4v) is 3.03. The van der Waals surface area contributed by atoms with Crippen molar-refractivity contribution in [1.82, 2.24) is 9.03 Å². The Labute approximate surface area is 105 Å². The summed E-state index contributed by atoms with van der Waals surface area (Å²) >= 11 is 0. The highest BCUT2D eigenvalue weighted by atomic mass is 32.2. The molecule has 18 heavy (non-hydrogen) atoms. The van der Waals surface area contributed by atoms with Crippen LogP contribution in [0.3, 0.4) is 0 Å². The molecule has 0 bridgehead atoms. The minimum Gasteiger partial charge on any atom is -0.481 e. The standard InChI is InChI=1S/C9H16N2O6S/c1-9(7(12)13)4-3-5-11(6-9)18(15,16)10-8(14)17-2/h3-6H2,1-2H3,(H,10,14)(H,12,13). The lowest BCUT2D eigenvalue weighted by atomic mass is 9.83. The predicted molar refractivity (Wildman–Crippen MR) is 61.0 cm³/mol. The minimum atomic E-state index is -4.05. The Morgan fingerprint density at radius 1 is 1.44 bits per heavy atom. The van der Waals surface area contributed by atoms with Crippen LogP contribution in [0.15, 0.2) is 0 Å². The van der Waals surface area contributed by atoms with E-state index in [1.165, 1.54) is 6.92 Å². The smallest absolute Gasteiger partial charge is 0.421 e. The van der Waals surface area contributed by atoms with E-state index >= 15 is 0 Å². The van der Waals surface area contributed by atoms with Gasteiger partial charge in [0, 0.05) is 13.1 Å². The average molecular weight is 280 g/mol. The van der Waals surface area contributed by atoms with E-state index in [9.17, 15) is 18.0 Å². The molecule has 0 aromatic carbocycles. The minimum absolute atomic E-state index is 0.172. The summed E-state index contributed by atoms with van der Waals surface area (Å²) in [5.41, 5.74) is -1.14. The molecule has 1 heterocycles. The molecule has 0 aromatic heterocycles. The molecule has 1 rings (SSSR count). The van der Waals surface area contributed by atoms with Gasteiger partial charge >= 0.3 is 22.3 Å². The Morgan fingerprint density at radius 2 is 2.06 bits per heavy atom. The molecule has 2 N–H and O–H groups in total. The largest absolute Gasteiger partial charge is 0.481 e. The van der Waals surface area contributed by atoms with Gasteiger partial charge in [-0.1, -0.05) is 0 Å². The number of carbonyl (C=O) groups excluding carboxylic acids is 1.